The summed E-state index contributed by atoms with van der Waals surface area (Å²) in [5.74, 6) is 0.200. The van der Waals surface area contributed by atoms with Gasteiger partial charge in [-0.25, -0.2) is 0 Å². The van der Waals surface area contributed by atoms with Crippen LogP contribution in [0.15, 0.2) is 24.3 Å². The van der Waals surface area contributed by atoms with E-state index in [1.54, 1.807) is 19.1 Å². The monoisotopic (exact) mass is 323 g/mol. The molecule has 3 nitrogen and oxygen atoms in total. The third kappa shape index (κ3) is 4.72. The number of carbonyl (C=O) groups is 1. The van der Waals surface area contributed by atoms with Crippen molar-refractivity contribution in [2.24, 2.45) is 0 Å². The molecule has 22 heavy (non-hydrogen) atoms. The molecule has 1 aromatic carbocycles. The number of benzene rings is 1. The molecule has 0 heterocycles. The number of aliphatic hydroxyl groups is 1. The quantitative estimate of drug-likeness (QED) is 0.902. The molecule has 0 radical (unpaired) electrons. The Bertz CT molecular complexity index is 464. The maximum Gasteiger partial charge on any atom is 0.254 e. The topological polar surface area (TPSA) is 40.5 Å². The van der Waals surface area contributed by atoms with Gasteiger partial charge < -0.3 is 10.0 Å². The Labute approximate surface area is 138 Å². The Morgan fingerprint density at radius 1 is 1.09 bits per heavy atom. The number of hydrogen-bond donors (Lipinski definition) is 1. The normalized spacial score (nSPS) is 18.3. The van der Waals surface area contributed by atoms with Crippen molar-refractivity contribution >= 4 is 17.5 Å². The summed E-state index contributed by atoms with van der Waals surface area (Å²) in [7, 11) is 0. The molecule has 2 fully saturated rings. The maximum absolute atomic E-state index is 12.7. The van der Waals surface area contributed by atoms with E-state index in [1.165, 1.54) is 44.9 Å². The Morgan fingerprint density at radius 3 is 2.09 bits per heavy atom. The van der Waals surface area contributed by atoms with Crippen LogP contribution < -0.4 is 0 Å². The van der Waals surface area contributed by atoms with Crippen LogP contribution in [0, 0.1) is 0 Å². The van der Waals surface area contributed by atoms with E-state index in [-0.39, 0.29) is 12.5 Å². The minimum atomic E-state index is 0.200. The summed E-state index contributed by atoms with van der Waals surface area (Å²) in [5.41, 5.74) is 0.780. The van der Waals surface area contributed by atoms with Crippen LogP contribution in [0.3, 0.4) is 0 Å². The lowest BCUT2D eigenvalue weighted by atomic mass is 9.93. The van der Waals surface area contributed by atoms with E-state index in [2.05, 4.69) is 4.90 Å². The van der Waals surface area contributed by atoms with E-state index in [1.807, 2.05) is 12.1 Å². The van der Waals surface area contributed by atoms with Gasteiger partial charge in [0.05, 0.1) is 0 Å². The summed E-state index contributed by atoms with van der Waals surface area (Å²) >= 11 is 5.89. The third-order valence-electron chi connectivity index (χ3n) is 4.23. The lowest BCUT2D eigenvalue weighted by Gasteiger charge is -2.34. The average molecular weight is 324 g/mol. The van der Waals surface area contributed by atoms with E-state index >= 15 is 0 Å². The largest absolute Gasteiger partial charge is 0.397 e. The molecule has 1 aromatic rings. The molecule has 0 bridgehead atoms. The van der Waals surface area contributed by atoms with Crippen molar-refractivity contribution in [2.45, 2.75) is 64.0 Å². The number of carbonyl (C=O) groups excluding carboxylic acids is 1. The molecule has 2 aliphatic carbocycles. The lowest BCUT2D eigenvalue weighted by molar-refractivity contribution is 0.0614. The number of aliphatic hydroxyl groups excluding tert-OH is 1. The lowest BCUT2D eigenvalue weighted by Crippen LogP contribution is -2.43. The second kappa shape index (κ2) is 8.54. The zero-order valence-electron chi connectivity index (χ0n) is 13.3. The van der Waals surface area contributed by atoms with Crippen LogP contribution in [0.5, 0.6) is 0 Å². The smallest absolute Gasteiger partial charge is 0.254 e. The van der Waals surface area contributed by atoms with E-state index in [0.717, 1.165) is 5.56 Å². The molecule has 2 aliphatic rings. The van der Waals surface area contributed by atoms with Gasteiger partial charge in [0, 0.05) is 29.3 Å². The van der Waals surface area contributed by atoms with Crippen LogP contribution in [0.4, 0.5) is 0 Å². The fourth-order valence-electron chi connectivity index (χ4n) is 3.08. The molecular weight excluding hydrogens is 298 g/mol. The van der Waals surface area contributed by atoms with Crippen LogP contribution in [-0.2, 0) is 0 Å². The number of rotatable bonds is 3. The molecule has 2 saturated carbocycles. The maximum atomic E-state index is 12.7. The van der Waals surface area contributed by atoms with E-state index in [0.29, 0.717) is 17.1 Å². The Morgan fingerprint density at radius 2 is 1.59 bits per heavy atom. The van der Waals surface area contributed by atoms with Gasteiger partial charge in [0.1, 0.15) is 0 Å². The summed E-state index contributed by atoms with van der Waals surface area (Å²) in [5, 5.41) is 8.26. The average Bonchev–Trinajstić information content (AvgIpc) is 3.35. The van der Waals surface area contributed by atoms with Crippen molar-refractivity contribution in [3.05, 3.63) is 34.9 Å². The van der Waals surface area contributed by atoms with Crippen molar-refractivity contribution in [3.8, 4) is 0 Å². The molecule has 122 valence electrons. The highest BCUT2D eigenvalue weighted by atomic mass is 35.5. The molecular formula is C18H26ClNO2. The van der Waals surface area contributed by atoms with Gasteiger partial charge in [-0.15, -0.1) is 0 Å². The summed E-state index contributed by atoms with van der Waals surface area (Å²) in [6.45, 7) is 1.93. The second-order valence-electron chi connectivity index (χ2n) is 6.06. The molecule has 0 unspecified atom stereocenters. The Balaban J connectivity index is 0.000000545. The molecule has 3 rings (SSSR count). The SMILES string of the molecule is CCO.O=C(c1ccc(Cl)cc1)N(C1CCCCC1)C1CC1. The van der Waals surface area contributed by atoms with Crippen molar-refractivity contribution in [2.75, 3.05) is 6.61 Å². The van der Waals surface area contributed by atoms with Gasteiger partial charge in [-0.05, 0) is 56.9 Å². The predicted molar refractivity (Wildman–Crippen MR) is 90.3 cm³/mol. The summed E-state index contributed by atoms with van der Waals surface area (Å²) in [6.07, 6.45) is 8.56. The first-order valence-electron chi connectivity index (χ1n) is 8.36. The summed E-state index contributed by atoms with van der Waals surface area (Å²) < 4.78 is 0. The summed E-state index contributed by atoms with van der Waals surface area (Å²) in [4.78, 5) is 14.9. The highest BCUT2D eigenvalue weighted by Crippen LogP contribution is 2.35. The van der Waals surface area contributed by atoms with Gasteiger partial charge in [0.2, 0.25) is 0 Å². The molecule has 1 amide bonds. The Hall–Kier alpha value is -1.06. The van der Waals surface area contributed by atoms with Crippen LogP contribution in [0.2, 0.25) is 5.02 Å². The van der Waals surface area contributed by atoms with E-state index in [4.69, 9.17) is 16.7 Å². The van der Waals surface area contributed by atoms with Crippen LogP contribution >= 0.6 is 11.6 Å². The van der Waals surface area contributed by atoms with Crippen molar-refractivity contribution in [3.63, 3.8) is 0 Å². The van der Waals surface area contributed by atoms with Crippen LogP contribution in [0.1, 0.15) is 62.2 Å². The van der Waals surface area contributed by atoms with Gasteiger partial charge in [-0.2, -0.15) is 0 Å². The van der Waals surface area contributed by atoms with Gasteiger partial charge in [0.15, 0.2) is 0 Å². The molecule has 1 N–H and O–H groups in total. The molecule has 0 aromatic heterocycles. The second-order valence-corrected chi connectivity index (χ2v) is 6.49. The highest BCUT2D eigenvalue weighted by molar-refractivity contribution is 6.30. The number of nitrogens with zero attached hydrogens (tertiary/aromatic N) is 1. The number of amides is 1. The third-order valence-corrected chi connectivity index (χ3v) is 4.49. The first-order chi connectivity index (χ1) is 10.7. The zero-order chi connectivity index (χ0) is 15.9. The molecule has 0 atom stereocenters. The first kappa shape index (κ1) is 17.3. The fourth-order valence-corrected chi connectivity index (χ4v) is 3.21. The van der Waals surface area contributed by atoms with Gasteiger partial charge >= 0.3 is 0 Å². The minimum Gasteiger partial charge on any atom is -0.397 e. The molecule has 0 saturated heterocycles. The standard InChI is InChI=1S/C16H20ClNO.C2H6O/c17-13-8-6-12(7-9-13)16(19)18(15-10-11-15)14-4-2-1-3-5-14;1-2-3/h6-9,14-15H,1-5,10-11H2;3H,2H2,1H3. The highest BCUT2D eigenvalue weighted by Gasteiger charge is 2.37. The predicted octanol–water partition coefficient (Wildman–Crippen LogP) is 4.28. The minimum absolute atomic E-state index is 0.200. The molecule has 0 aliphatic heterocycles. The summed E-state index contributed by atoms with van der Waals surface area (Å²) in [6, 6.07) is 8.27. The number of hydrogen-bond acceptors (Lipinski definition) is 2. The number of halogens is 1. The zero-order valence-corrected chi connectivity index (χ0v) is 14.1. The molecule has 0 spiro atoms. The van der Waals surface area contributed by atoms with E-state index in [9.17, 15) is 4.79 Å². The van der Waals surface area contributed by atoms with Crippen molar-refractivity contribution in [1.29, 1.82) is 0 Å². The van der Waals surface area contributed by atoms with Crippen molar-refractivity contribution < 1.29 is 9.90 Å². The first-order valence-corrected chi connectivity index (χ1v) is 8.74. The van der Waals surface area contributed by atoms with Gasteiger partial charge in [-0.3, -0.25) is 4.79 Å². The molecule has 4 heteroatoms. The fraction of sp³-hybridized carbons (Fsp3) is 0.611. The van der Waals surface area contributed by atoms with Crippen LogP contribution in [-0.4, -0.2) is 34.6 Å². The van der Waals surface area contributed by atoms with Gasteiger partial charge in [-0.1, -0.05) is 30.9 Å². The van der Waals surface area contributed by atoms with Crippen molar-refractivity contribution in [1.82, 2.24) is 4.90 Å². The van der Waals surface area contributed by atoms with Crippen LogP contribution in [0.25, 0.3) is 0 Å². The van der Waals surface area contributed by atoms with Gasteiger partial charge in [0.25, 0.3) is 5.91 Å². The van der Waals surface area contributed by atoms with E-state index < -0.39 is 0 Å². The Kier molecular flexibility index (Phi) is 6.71.